The minimum atomic E-state index is -4.02. The molecule has 0 fully saturated rings. The van der Waals surface area contributed by atoms with Gasteiger partial charge in [0, 0.05) is 5.56 Å². The molecule has 0 saturated carbocycles. The van der Waals surface area contributed by atoms with Gasteiger partial charge < -0.3 is 9.84 Å². The number of sulfonamides is 1. The van der Waals surface area contributed by atoms with Gasteiger partial charge in [-0.3, -0.25) is 9.10 Å². The first-order valence-electron chi connectivity index (χ1n) is 10.1. The second-order valence-electron chi connectivity index (χ2n) is 7.24. The highest BCUT2D eigenvalue weighted by Crippen LogP contribution is 2.29. The predicted octanol–water partition coefficient (Wildman–Crippen LogP) is 3.36. The third-order valence-corrected chi connectivity index (χ3v) is 6.88. The number of carbonyl (C=O) groups excluding carboxylic acids is 1. The Bertz CT molecular complexity index is 1270. The Morgan fingerprint density at radius 1 is 1.06 bits per heavy atom. The van der Waals surface area contributed by atoms with Crippen LogP contribution in [-0.2, 0) is 14.8 Å². The van der Waals surface area contributed by atoms with Crippen LogP contribution in [0.25, 0.3) is 0 Å². The fourth-order valence-electron chi connectivity index (χ4n) is 3.17. The van der Waals surface area contributed by atoms with Crippen LogP contribution in [0, 0.1) is 13.8 Å². The molecule has 3 rings (SSSR count). The molecule has 0 aliphatic rings. The lowest BCUT2D eigenvalue weighted by atomic mass is 10.1. The van der Waals surface area contributed by atoms with Crippen molar-refractivity contribution in [2.75, 3.05) is 18.0 Å². The zero-order valence-electron chi connectivity index (χ0n) is 18.5. The molecule has 0 aliphatic heterocycles. The summed E-state index contributed by atoms with van der Waals surface area (Å²) in [5.41, 5.74) is 4.70. The Balaban J connectivity index is 1.88. The third kappa shape index (κ3) is 5.32. The first kappa shape index (κ1) is 23.8. The SMILES string of the molecule is COc1cccc(/C=N\NC(=O)CN(c2cccc(C)c2C)S(=O)(=O)c2ccccc2)c1O. The van der Waals surface area contributed by atoms with Crippen LogP contribution in [-0.4, -0.2) is 39.3 Å². The number of ether oxygens (including phenoxy) is 1. The molecule has 2 N–H and O–H groups in total. The average molecular weight is 468 g/mol. The molecular formula is C24H25N3O5S. The molecule has 0 aliphatic carbocycles. The summed E-state index contributed by atoms with van der Waals surface area (Å²) in [6.45, 7) is 3.19. The first-order valence-corrected chi connectivity index (χ1v) is 11.5. The zero-order valence-corrected chi connectivity index (χ0v) is 19.3. The largest absolute Gasteiger partial charge is 0.504 e. The van der Waals surface area contributed by atoms with E-state index in [0.29, 0.717) is 11.3 Å². The smallest absolute Gasteiger partial charge is 0.264 e. The minimum absolute atomic E-state index is 0.0727. The maximum absolute atomic E-state index is 13.4. The Morgan fingerprint density at radius 3 is 2.45 bits per heavy atom. The number of hydrazone groups is 1. The number of hydrogen-bond donors (Lipinski definition) is 2. The Hall–Kier alpha value is -3.85. The monoisotopic (exact) mass is 467 g/mol. The van der Waals surface area contributed by atoms with E-state index in [2.05, 4.69) is 10.5 Å². The van der Waals surface area contributed by atoms with Gasteiger partial charge in [0.25, 0.3) is 15.9 Å². The number of para-hydroxylation sites is 1. The average Bonchev–Trinajstić information content (AvgIpc) is 2.81. The molecule has 0 radical (unpaired) electrons. The molecule has 0 spiro atoms. The van der Waals surface area contributed by atoms with Crippen LogP contribution in [0.1, 0.15) is 16.7 Å². The number of nitrogens with one attached hydrogen (secondary N) is 1. The second-order valence-corrected chi connectivity index (χ2v) is 9.10. The maximum atomic E-state index is 13.4. The molecule has 3 aromatic rings. The molecule has 0 atom stereocenters. The zero-order chi connectivity index (χ0) is 24.0. The molecule has 0 aromatic heterocycles. The van der Waals surface area contributed by atoms with Crippen LogP contribution in [0.4, 0.5) is 5.69 Å². The van der Waals surface area contributed by atoms with E-state index in [1.807, 2.05) is 13.0 Å². The lowest BCUT2D eigenvalue weighted by Gasteiger charge is -2.26. The highest BCUT2D eigenvalue weighted by Gasteiger charge is 2.28. The van der Waals surface area contributed by atoms with E-state index in [4.69, 9.17) is 4.74 Å². The van der Waals surface area contributed by atoms with Gasteiger partial charge in [0.1, 0.15) is 6.54 Å². The van der Waals surface area contributed by atoms with Gasteiger partial charge in [-0.1, -0.05) is 36.4 Å². The molecule has 3 aromatic carbocycles. The Morgan fingerprint density at radius 2 is 1.76 bits per heavy atom. The number of benzene rings is 3. The molecule has 33 heavy (non-hydrogen) atoms. The van der Waals surface area contributed by atoms with E-state index in [-0.39, 0.29) is 16.4 Å². The van der Waals surface area contributed by atoms with Crippen molar-refractivity contribution in [2.24, 2.45) is 5.10 Å². The van der Waals surface area contributed by atoms with Crippen molar-refractivity contribution in [3.63, 3.8) is 0 Å². The van der Waals surface area contributed by atoms with Gasteiger partial charge in [-0.05, 0) is 55.3 Å². The number of amides is 1. The summed E-state index contributed by atoms with van der Waals surface area (Å²) < 4.78 is 32.9. The highest BCUT2D eigenvalue weighted by atomic mass is 32.2. The van der Waals surface area contributed by atoms with Crippen LogP contribution in [0.3, 0.4) is 0 Å². The molecule has 0 unspecified atom stereocenters. The van der Waals surface area contributed by atoms with E-state index >= 15 is 0 Å². The normalized spacial score (nSPS) is 11.4. The quantitative estimate of drug-likeness (QED) is 0.390. The van der Waals surface area contributed by atoms with Gasteiger partial charge in [0.2, 0.25) is 0 Å². The Kier molecular flexibility index (Phi) is 7.34. The van der Waals surface area contributed by atoms with Gasteiger partial charge in [0.15, 0.2) is 11.5 Å². The number of phenols is 1. The fraction of sp³-hybridized carbons (Fsp3) is 0.167. The van der Waals surface area contributed by atoms with Crippen molar-refractivity contribution in [2.45, 2.75) is 18.7 Å². The van der Waals surface area contributed by atoms with Crippen molar-refractivity contribution in [3.8, 4) is 11.5 Å². The summed E-state index contributed by atoms with van der Waals surface area (Å²) in [5, 5.41) is 14.0. The van der Waals surface area contributed by atoms with E-state index in [1.165, 1.54) is 25.5 Å². The summed E-state index contributed by atoms with van der Waals surface area (Å²) in [4.78, 5) is 12.8. The van der Waals surface area contributed by atoms with E-state index in [0.717, 1.165) is 15.4 Å². The van der Waals surface area contributed by atoms with Gasteiger partial charge in [-0.15, -0.1) is 0 Å². The van der Waals surface area contributed by atoms with Gasteiger partial charge in [-0.2, -0.15) is 5.10 Å². The number of aryl methyl sites for hydroxylation is 1. The van der Waals surface area contributed by atoms with Crippen LogP contribution < -0.4 is 14.5 Å². The van der Waals surface area contributed by atoms with Crippen molar-refractivity contribution < 1.29 is 23.1 Å². The lowest BCUT2D eigenvalue weighted by Crippen LogP contribution is -2.40. The summed E-state index contributed by atoms with van der Waals surface area (Å²) in [5.74, 6) is -0.504. The topological polar surface area (TPSA) is 108 Å². The summed E-state index contributed by atoms with van der Waals surface area (Å²) in [6, 6.07) is 18.0. The summed E-state index contributed by atoms with van der Waals surface area (Å²) >= 11 is 0. The maximum Gasteiger partial charge on any atom is 0.264 e. The third-order valence-electron chi connectivity index (χ3n) is 5.11. The number of phenolic OH excluding ortho intramolecular Hbond substituents is 1. The van der Waals surface area contributed by atoms with Gasteiger partial charge in [-0.25, -0.2) is 13.8 Å². The number of aromatic hydroxyl groups is 1. The molecule has 0 bridgehead atoms. The molecule has 8 nitrogen and oxygen atoms in total. The fourth-order valence-corrected chi connectivity index (χ4v) is 4.67. The molecule has 9 heteroatoms. The van der Waals surface area contributed by atoms with Crippen molar-refractivity contribution in [1.29, 1.82) is 0 Å². The van der Waals surface area contributed by atoms with Crippen molar-refractivity contribution in [3.05, 3.63) is 83.4 Å². The molecule has 0 saturated heterocycles. The first-order chi connectivity index (χ1) is 15.8. The highest BCUT2D eigenvalue weighted by molar-refractivity contribution is 7.92. The van der Waals surface area contributed by atoms with Crippen LogP contribution in [0.2, 0.25) is 0 Å². The predicted molar refractivity (Wildman–Crippen MR) is 127 cm³/mol. The molecule has 172 valence electrons. The van der Waals surface area contributed by atoms with Gasteiger partial charge >= 0.3 is 0 Å². The molecule has 1 amide bonds. The van der Waals surface area contributed by atoms with E-state index < -0.39 is 22.5 Å². The van der Waals surface area contributed by atoms with Gasteiger partial charge in [0.05, 0.1) is 23.9 Å². The van der Waals surface area contributed by atoms with Crippen LogP contribution in [0.15, 0.2) is 76.7 Å². The number of nitrogens with zero attached hydrogens (tertiary/aromatic N) is 2. The van der Waals surface area contributed by atoms with Crippen molar-refractivity contribution in [1.82, 2.24) is 5.43 Å². The summed E-state index contributed by atoms with van der Waals surface area (Å²) in [6.07, 6.45) is 1.25. The van der Waals surface area contributed by atoms with Crippen LogP contribution in [0.5, 0.6) is 11.5 Å². The molecule has 0 heterocycles. The summed E-state index contributed by atoms with van der Waals surface area (Å²) in [7, 11) is -2.59. The number of carbonyl (C=O) groups is 1. The van der Waals surface area contributed by atoms with E-state index in [9.17, 15) is 18.3 Å². The lowest BCUT2D eigenvalue weighted by molar-refractivity contribution is -0.119. The van der Waals surface area contributed by atoms with Crippen LogP contribution >= 0.6 is 0 Å². The Labute approximate surface area is 193 Å². The second kappa shape index (κ2) is 10.2. The van der Waals surface area contributed by atoms with E-state index in [1.54, 1.807) is 55.5 Å². The number of rotatable bonds is 8. The number of anilines is 1. The van der Waals surface area contributed by atoms with Crippen molar-refractivity contribution >= 4 is 27.8 Å². The number of hydrogen-bond acceptors (Lipinski definition) is 6. The number of methoxy groups -OCH3 is 1. The molecular weight excluding hydrogens is 442 g/mol. The standard InChI is InChI=1S/C24H25N3O5S/c1-17-9-7-13-21(18(17)2)27(33(30,31)20-11-5-4-6-12-20)16-23(28)26-25-15-19-10-8-14-22(32-3)24(19)29/h4-15,29H,16H2,1-3H3,(H,26,28)/b25-15-. The minimum Gasteiger partial charge on any atom is -0.504 e.